The van der Waals surface area contributed by atoms with E-state index in [9.17, 15) is 21.4 Å². The fraction of sp³-hybridized carbons (Fsp3) is 0.133. The number of fused-ring (bicyclic) bond motifs is 1. The van der Waals surface area contributed by atoms with Crippen LogP contribution in [0.25, 0.3) is 10.8 Å². The van der Waals surface area contributed by atoms with Crippen LogP contribution in [0.5, 0.6) is 0 Å². The topological polar surface area (TPSA) is 116 Å². The van der Waals surface area contributed by atoms with Gasteiger partial charge in [0, 0.05) is 0 Å². The molecule has 10 heteroatoms. The van der Waals surface area contributed by atoms with Gasteiger partial charge in [-0.25, -0.2) is 0 Å². The first-order valence-corrected chi connectivity index (χ1v) is 10.4. The molecule has 1 aromatic heterocycles. The molecule has 0 radical (unpaired) electrons. The molecule has 1 aromatic carbocycles. The predicted molar refractivity (Wildman–Crippen MR) is 84.7 cm³/mol. The molecule has 3 rings (SSSR count). The minimum atomic E-state index is -4.04. The molecule has 1 atom stereocenters. The summed E-state index contributed by atoms with van der Waals surface area (Å²) in [6.07, 6.45) is 3.68. The maximum absolute atomic E-state index is 13.5. The van der Waals surface area contributed by atoms with Crippen LogP contribution in [0.2, 0.25) is 0 Å². The van der Waals surface area contributed by atoms with Gasteiger partial charge in [0.15, 0.2) is 0 Å². The van der Waals surface area contributed by atoms with Gasteiger partial charge in [0.2, 0.25) is 0 Å². The van der Waals surface area contributed by atoms with Crippen LogP contribution in [0.15, 0.2) is 61.8 Å². The molecule has 7 nitrogen and oxygen atoms in total. The van der Waals surface area contributed by atoms with Crippen LogP contribution in [0, 0.1) is 10.1 Å². The average molecular weight is 476 g/mol. The molecule has 0 saturated heterocycles. The van der Waals surface area contributed by atoms with Crippen molar-refractivity contribution in [2.24, 2.45) is 5.73 Å². The third-order valence-corrected chi connectivity index (χ3v) is 7.61. The molecule has 1 unspecified atom stereocenters. The van der Waals surface area contributed by atoms with Crippen molar-refractivity contribution in [3.63, 3.8) is 0 Å². The Bertz CT molecular complexity index is 1030. The third-order valence-electron chi connectivity index (χ3n) is 3.87. The number of halogens is 2. The Labute approximate surface area is 153 Å². The van der Waals surface area contributed by atoms with E-state index in [-0.39, 0.29) is 25.5 Å². The van der Waals surface area contributed by atoms with Gasteiger partial charge in [0.25, 0.3) is 0 Å². The van der Waals surface area contributed by atoms with Crippen molar-refractivity contribution in [1.29, 1.82) is 0 Å². The zero-order chi connectivity index (χ0) is 18.2. The number of sulfone groups is 1. The van der Waals surface area contributed by atoms with Crippen molar-refractivity contribution in [2.75, 3.05) is 0 Å². The molecule has 0 aliphatic heterocycles. The summed E-state index contributed by atoms with van der Waals surface area (Å²) in [7, 11) is -4.04. The molecule has 0 saturated carbocycles. The van der Waals surface area contributed by atoms with E-state index in [1.165, 1.54) is 18.5 Å². The molecule has 0 bridgehead atoms. The number of benzene rings is 1. The SMILES string of the molecule is NC1CC(S(=O)(=O)c2cccc3cnccc23)=C([I-]F)C=C1[N+](=O)[O-]. The van der Waals surface area contributed by atoms with Crippen molar-refractivity contribution in [3.05, 3.63) is 67.0 Å². The first kappa shape index (κ1) is 17.9. The fourth-order valence-electron chi connectivity index (χ4n) is 2.67. The third kappa shape index (κ3) is 3.16. The minimum absolute atomic E-state index is 0.0162. The number of nitrogens with two attached hydrogens (primary N) is 1. The van der Waals surface area contributed by atoms with Crippen LogP contribution in [-0.4, -0.2) is 24.4 Å². The Morgan fingerprint density at radius 3 is 2.80 bits per heavy atom. The standard InChI is InChI=1S/C15H12FIN3O4S/c16-17-11-6-13(20(21)22)12(18)7-15(11)25(23,24)14-3-1-2-9-8-19-5-4-10(9)14/h1-6,8,12H,7,18H2/q-1. The molecular formula is C15H12FIN3O4S-. The molecular weight excluding hydrogens is 464 g/mol. The van der Waals surface area contributed by atoms with E-state index < -0.39 is 42.6 Å². The normalized spacial score (nSPS) is 18.5. The van der Waals surface area contributed by atoms with Crippen LogP contribution in [0.3, 0.4) is 0 Å². The summed E-state index contributed by atoms with van der Waals surface area (Å²) in [5.41, 5.74) is 5.38. The van der Waals surface area contributed by atoms with Gasteiger partial charge in [-0.15, -0.1) is 0 Å². The van der Waals surface area contributed by atoms with Gasteiger partial charge >= 0.3 is 154 Å². The molecule has 1 aliphatic carbocycles. The summed E-state index contributed by atoms with van der Waals surface area (Å²) in [4.78, 5) is 14.1. The van der Waals surface area contributed by atoms with E-state index in [4.69, 9.17) is 5.73 Å². The number of hydrogen-bond donors (Lipinski definition) is 1. The van der Waals surface area contributed by atoms with Crippen molar-refractivity contribution < 1.29 is 38.0 Å². The molecule has 132 valence electrons. The number of rotatable bonds is 4. The molecule has 0 fully saturated rings. The van der Waals surface area contributed by atoms with Gasteiger partial charge in [-0.1, -0.05) is 0 Å². The van der Waals surface area contributed by atoms with Crippen molar-refractivity contribution in [3.8, 4) is 0 Å². The Morgan fingerprint density at radius 1 is 1.36 bits per heavy atom. The quantitative estimate of drug-likeness (QED) is 0.347. The number of hydrogen-bond acceptors (Lipinski definition) is 6. The molecule has 0 amide bonds. The van der Waals surface area contributed by atoms with Gasteiger partial charge in [-0.05, 0) is 0 Å². The van der Waals surface area contributed by atoms with Gasteiger partial charge in [0.1, 0.15) is 0 Å². The molecule has 25 heavy (non-hydrogen) atoms. The Balaban J connectivity index is 2.24. The first-order chi connectivity index (χ1) is 11.9. The van der Waals surface area contributed by atoms with Crippen LogP contribution in [0.4, 0.5) is 2.86 Å². The fourth-order valence-corrected chi connectivity index (χ4v) is 6.33. The van der Waals surface area contributed by atoms with E-state index in [2.05, 4.69) is 4.98 Å². The number of pyridine rings is 1. The predicted octanol–water partition coefficient (Wildman–Crippen LogP) is -0.915. The molecule has 1 aliphatic rings. The van der Waals surface area contributed by atoms with Crippen LogP contribution in [0.1, 0.15) is 6.42 Å². The zero-order valence-corrected chi connectivity index (χ0v) is 15.6. The Kier molecular flexibility index (Phi) is 4.84. The van der Waals surface area contributed by atoms with E-state index in [0.717, 1.165) is 6.08 Å². The molecule has 2 N–H and O–H groups in total. The molecule has 1 heterocycles. The van der Waals surface area contributed by atoms with Crippen molar-refractivity contribution in [2.45, 2.75) is 17.4 Å². The second-order valence-corrected chi connectivity index (χ2v) is 8.85. The van der Waals surface area contributed by atoms with Crippen LogP contribution in [-0.2, 0) is 9.84 Å². The first-order valence-electron chi connectivity index (χ1n) is 7.04. The Morgan fingerprint density at radius 2 is 2.12 bits per heavy atom. The van der Waals surface area contributed by atoms with E-state index >= 15 is 0 Å². The second kappa shape index (κ2) is 6.77. The average Bonchev–Trinajstić information content (AvgIpc) is 2.60. The van der Waals surface area contributed by atoms with Crippen molar-refractivity contribution >= 4 is 20.6 Å². The van der Waals surface area contributed by atoms with Gasteiger partial charge in [-0.3, -0.25) is 0 Å². The summed E-state index contributed by atoms with van der Waals surface area (Å²) in [6.45, 7) is 0. The summed E-state index contributed by atoms with van der Waals surface area (Å²) in [6, 6.07) is 5.18. The maximum atomic E-state index is 13.5. The monoisotopic (exact) mass is 476 g/mol. The van der Waals surface area contributed by atoms with Crippen molar-refractivity contribution in [1.82, 2.24) is 4.98 Å². The van der Waals surface area contributed by atoms with E-state index in [1.54, 1.807) is 18.2 Å². The Hall–Kier alpha value is -1.92. The van der Waals surface area contributed by atoms with Gasteiger partial charge < -0.3 is 0 Å². The molecule has 2 aromatic rings. The number of aromatic nitrogens is 1. The summed E-state index contributed by atoms with van der Waals surface area (Å²) in [5, 5.41) is 12.1. The van der Waals surface area contributed by atoms with Gasteiger partial charge in [-0.2, -0.15) is 0 Å². The van der Waals surface area contributed by atoms with Crippen LogP contribution >= 0.6 is 0 Å². The van der Waals surface area contributed by atoms with Crippen LogP contribution < -0.4 is 27.5 Å². The summed E-state index contributed by atoms with van der Waals surface area (Å²) in [5.74, 6) is 0. The van der Waals surface area contributed by atoms with E-state index in [1.807, 2.05) is 0 Å². The molecule has 0 spiro atoms. The number of nitro groups is 1. The zero-order valence-electron chi connectivity index (χ0n) is 12.6. The summed E-state index contributed by atoms with van der Waals surface area (Å²) >= 11 is -2.18. The number of nitrogens with zero attached hydrogens (tertiary/aromatic N) is 2. The summed E-state index contributed by atoms with van der Waals surface area (Å²) < 4.78 is 39.6. The van der Waals surface area contributed by atoms with E-state index in [0.29, 0.717) is 10.8 Å². The second-order valence-electron chi connectivity index (χ2n) is 5.34. The van der Waals surface area contributed by atoms with Gasteiger partial charge in [0.05, 0.1) is 0 Å². The number of allylic oxidation sites excluding steroid dienone is 2.